The average Bonchev–Trinajstić information content (AvgIpc) is 2.90. The van der Waals surface area contributed by atoms with Crippen molar-refractivity contribution in [2.24, 2.45) is 0 Å². The van der Waals surface area contributed by atoms with Gasteiger partial charge in [-0.3, -0.25) is 4.79 Å². The summed E-state index contributed by atoms with van der Waals surface area (Å²) in [6.07, 6.45) is 0. The van der Waals surface area contributed by atoms with Gasteiger partial charge in [0.2, 0.25) is 5.95 Å². The number of nitrogens with zero attached hydrogens (tertiary/aromatic N) is 3. The molecule has 3 aromatic rings. The van der Waals surface area contributed by atoms with E-state index in [2.05, 4.69) is 10.1 Å². The summed E-state index contributed by atoms with van der Waals surface area (Å²) in [5, 5.41) is 4.81. The molecule has 0 unspecified atom stereocenters. The summed E-state index contributed by atoms with van der Waals surface area (Å²) in [4.78, 5) is 16.6. The minimum absolute atomic E-state index is 0.0514. The van der Waals surface area contributed by atoms with Crippen LogP contribution in [0.4, 0.5) is 5.95 Å². The summed E-state index contributed by atoms with van der Waals surface area (Å²) < 4.78 is 1.11. The second-order valence-electron chi connectivity index (χ2n) is 4.88. The van der Waals surface area contributed by atoms with Gasteiger partial charge in [-0.2, -0.15) is 9.67 Å². The number of halogens is 1. The molecule has 3 rings (SSSR count). The molecule has 22 heavy (non-hydrogen) atoms. The van der Waals surface area contributed by atoms with E-state index in [9.17, 15) is 4.79 Å². The molecule has 6 heteroatoms. The van der Waals surface area contributed by atoms with Crippen LogP contribution in [-0.4, -0.2) is 20.7 Å². The molecule has 5 nitrogen and oxygen atoms in total. The second kappa shape index (κ2) is 5.61. The predicted octanol–water partition coefficient (Wildman–Crippen LogP) is 3.18. The highest BCUT2D eigenvalue weighted by atomic mass is 35.5. The van der Waals surface area contributed by atoms with Gasteiger partial charge in [-0.25, -0.2) is 0 Å². The van der Waals surface area contributed by atoms with Gasteiger partial charge in [0.25, 0.3) is 5.91 Å². The fraction of sp³-hybridized carbons (Fsp3) is 0.0625. The van der Waals surface area contributed by atoms with Crippen LogP contribution in [0.25, 0.3) is 11.4 Å². The molecule has 0 saturated heterocycles. The number of aromatic nitrogens is 3. The van der Waals surface area contributed by atoms with Crippen LogP contribution in [-0.2, 0) is 0 Å². The Morgan fingerprint density at radius 3 is 2.36 bits per heavy atom. The Bertz CT molecular complexity index is 822. The van der Waals surface area contributed by atoms with Crippen LogP contribution in [0.5, 0.6) is 0 Å². The van der Waals surface area contributed by atoms with Gasteiger partial charge in [-0.15, -0.1) is 5.10 Å². The van der Waals surface area contributed by atoms with Crippen molar-refractivity contribution in [3.05, 3.63) is 64.7 Å². The molecule has 0 saturated carbocycles. The second-order valence-corrected chi connectivity index (χ2v) is 5.32. The van der Waals surface area contributed by atoms with Crippen molar-refractivity contribution in [1.82, 2.24) is 14.8 Å². The third-order valence-electron chi connectivity index (χ3n) is 3.23. The Balaban J connectivity index is 1.97. The summed E-state index contributed by atoms with van der Waals surface area (Å²) in [7, 11) is 0. The molecule has 110 valence electrons. The largest absolute Gasteiger partial charge is 0.368 e. The quantitative estimate of drug-likeness (QED) is 0.788. The lowest BCUT2D eigenvalue weighted by Crippen LogP contribution is -2.16. The summed E-state index contributed by atoms with van der Waals surface area (Å²) in [5.74, 6) is 0.121. The van der Waals surface area contributed by atoms with E-state index in [4.69, 9.17) is 17.3 Å². The molecule has 2 aromatic carbocycles. The Morgan fingerprint density at radius 1 is 1.09 bits per heavy atom. The normalized spacial score (nSPS) is 10.6. The van der Waals surface area contributed by atoms with Crippen LogP contribution in [0.3, 0.4) is 0 Å². The number of anilines is 1. The first-order valence-electron chi connectivity index (χ1n) is 6.64. The average molecular weight is 313 g/mol. The number of carbonyl (C=O) groups is 1. The molecule has 1 heterocycles. The van der Waals surface area contributed by atoms with Gasteiger partial charge in [0.15, 0.2) is 5.82 Å². The number of rotatable bonds is 2. The molecular formula is C16H13ClN4O. The van der Waals surface area contributed by atoms with Crippen LogP contribution >= 0.6 is 11.6 Å². The number of aryl methyl sites for hydroxylation is 1. The first-order chi connectivity index (χ1) is 10.5. The van der Waals surface area contributed by atoms with Crippen molar-refractivity contribution < 1.29 is 4.79 Å². The summed E-state index contributed by atoms with van der Waals surface area (Å²) in [5.41, 5.74) is 8.14. The topological polar surface area (TPSA) is 73.8 Å². The van der Waals surface area contributed by atoms with Crippen molar-refractivity contribution >= 4 is 23.5 Å². The molecule has 0 aliphatic carbocycles. The van der Waals surface area contributed by atoms with Gasteiger partial charge in [-0.1, -0.05) is 29.3 Å². The van der Waals surface area contributed by atoms with Crippen LogP contribution in [0, 0.1) is 6.92 Å². The molecule has 0 atom stereocenters. The highest BCUT2D eigenvalue weighted by Crippen LogP contribution is 2.20. The summed E-state index contributed by atoms with van der Waals surface area (Å²) in [6.45, 7) is 1.96. The number of hydrogen-bond donors (Lipinski definition) is 1. The first kappa shape index (κ1) is 14.3. The minimum atomic E-state index is -0.315. The maximum atomic E-state index is 12.4. The Labute approximate surface area is 132 Å². The lowest BCUT2D eigenvalue weighted by Gasteiger charge is -2.01. The SMILES string of the molecule is Cc1ccc(C(=O)n2nc(-c3ccc(Cl)cc3)nc2N)cc1. The standard InChI is InChI=1S/C16H13ClN4O/c1-10-2-4-12(5-3-10)15(22)21-16(18)19-14(20-21)11-6-8-13(17)9-7-11/h2-9H,1H3,(H2,18,19,20). The Morgan fingerprint density at radius 2 is 1.73 bits per heavy atom. The summed E-state index contributed by atoms with van der Waals surface area (Å²) >= 11 is 5.85. The molecule has 0 aliphatic heterocycles. The van der Waals surface area contributed by atoms with E-state index in [0.717, 1.165) is 15.8 Å². The van der Waals surface area contributed by atoms with Gasteiger partial charge in [0, 0.05) is 16.1 Å². The van der Waals surface area contributed by atoms with Gasteiger partial charge in [-0.05, 0) is 43.3 Å². The van der Waals surface area contributed by atoms with Crippen LogP contribution in [0.1, 0.15) is 15.9 Å². The molecular weight excluding hydrogens is 300 g/mol. The molecule has 1 aromatic heterocycles. The molecule has 0 spiro atoms. The van der Waals surface area contributed by atoms with Gasteiger partial charge >= 0.3 is 0 Å². The number of nitrogens with two attached hydrogens (primary N) is 1. The molecule has 2 N–H and O–H groups in total. The third kappa shape index (κ3) is 2.71. The third-order valence-corrected chi connectivity index (χ3v) is 3.48. The molecule has 0 radical (unpaired) electrons. The number of hydrogen-bond acceptors (Lipinski definition) is 4. The number of nitrogen functional groups attached to an aromatic ring is 1. The molecule has 0 amide bonds. The van der Waals surface area contributed by atoms with E-state index >= 15 is 0 Å². The van der Waals surface area contributed by atoms with E-state index in [-0.39, 0.29) is 11.9 Å². The van der Waals surface area contributed by atoms with Gasteiger partial charge in [0.1, 0.15) is 0 Å². The Hall–Kier alpha value is -2.66. The van der Waals surface area contributed by atoms with E-state index in [0.29, 0.717) is 16.4 Å². The van der Waals surface area contributed by atoms with Crippen molar-refractivity contribution in [1.29, 1.82) is 0 Å². The zero-order valence-electron chi connectivity index (χ0n) is 11.8. The van der Waals surface area contributed by atoms with E-state index in [1.807, 2.05) is 19.1 Å². The monoisotopic (exact) mass is 312 g/mol. The van der Waals surface area contributed by atoms with Crippen molar-refractivity contribution in [3.63, 3.8) is 0 Å². The minimum Gasteiger partial charge on any atom is -0.368 e. The molecule has 0 bridgehead atoms. The smallest absolute Gasteiger partial charge is 0.281 e. The predicted molar refractivity (Wildman–Crippen MR) is 85.8 cm³/mol. The molecule has 0 fully saturated rings. The lowest BCUT2D eigenvalue weighted by atomic mass is 10.1. The van der Waals surface area contributed by atoms with Crippen LogP contribution in [0.2, 0.25) is 5.02 Å². The highest BCUT2D eigenvalue weighted by molar-refractivity contribution is 6.30. The first-order valence-corrected chi connectivity index (χ1v) is 7.02. The van der Waals surface area contributed by atoms with E-state index in [1.165, 1.54) is 0 Å². The van der Waals surface area contributed by atoms with Crippen LogP contribution in [0.15, 0.2) is 48.5 Å². The summed E-state index contributed by atoms with van der Waals surface area (Å²) in [6, 6.07) is 14.2. The van der Waals surface area contributed by atoms with Crippen LogP contribution < -0.4 is 5.73 Å². The highest BCUT2D eigenvalue weighted by Gasteiger charge is 2.16. The van der Waals surface area contributed by atoms with E-state index < -0.39 is 0 Å². The van der Waals surface area contributed by atoms with E-state index in [1.54, 1.807) is 36.4 Å². The maximum absolute atomic E-state index is 12.4. The Kier molecular flexibility index (Phi) is 3.65. The van der Waals surface area contributed by atoms with Gasteiger partial charge in [0.05, 0.1) is 0 Å². The number of benzene rings is 2. The zero-order chi connectivity index (χ0) is 15.7. The fourth-order valence-electron chi connectivity index (χ4n) is 2.01. The lowest BCUT2D eigenvalue weighted by molar-refractivity contribution is 0.0948. The van der Waals surface area contributed by atoms with Crippen molar-refractivity contribution in [2.45, 2.75) is 6.92 Å². The number of carbonyl (C=O) groups excluding carboxylic acids is 1. The van der Waals surface area contributed by atoms with Crippen molar-refractivity contribution in [3.8, 4) is 11.4 Å². The van der Waals surface area contributed by atoms with Crippen molar-refractivity contribution in [2.75, 3.05) is 5.73 Å². The zero-order valence-corrected chi connectivity index (χ0v) is 12.6. The van der Waals surface area contributed by atoms with Gasteiger partial charge < -0.3 is 5.73 Å². The fourth-order valence-corrected chi connectivity index (χ4v) is 2.14. The maximum Gasteiger partial charge on any atom is 0.281 e. The molecule has 0 aliphatic rings.